The Hall–Kier alpha value is -1.69. The zero-order chi connectivity index (χ0) is 9.97. The average Bonchev–Trinajstić information content (AvgIpc) is 2.76. The average molecular weight is 192 g/mol. The zero-order valence-electron chi connectivity index (χ0n) is 7.96. The minimum Gasteiger partial charge on any atom is -0.328 e. The van der Waals surface area contributed by atoms with Crippen LogP contribution in [-0.4, -0.2) is 24.5 Å². The van der Waals surface area contributed by atoms with Gasteiger partial charge < -0.3 is 10.3 Å². The summed E-state index contributed by atoms with van der Waals surface area (Å²) in [5, 5.41) is 7.84. The number of nitrogens with zero attached hydrogens (tertiary/aromatic N) is 5. The third-order valence-corrected chi connectivity index (χ3v) is 1.97. The molecule has 0 unspecified atom stereocenters. The molecule has 2 heterocycles. The van der Waals surface area contributed by atoms with Crippen molar-refractivity contribution >= 4 is 0 Å². The van der Waals surface area contributed by atoms with E-state index in [0.29, 0.717) is 13.1 Å². The number of nitrogens with two attached hydrogens (primary N) is 1. The maximum Gasteiger partial charge on any atom is 0.122 e. The van der Waals surface area contributed by atoms with Crippen molar-refractivity contribution in [2.45, 2.75) is 13.1 Å². The number of aryl methyl sites for hydroxylation is 1. The first-order chi connectivity index (χ1) is 6.79. The summed E-state index contributed by atoms with van der Waals surface area (Å²) < 4.78 is 3.64. The van der Waals surface area contributed by atoms with Gasteiger partial charge in [0.05, 0.1) is 13.1 Å². The molecule has 0 spiro atoms. The lowest BCUT2D eigenvalue weighted by molar-refractivity contribution is 0.696. The zero-order valence-corrected chi connectivity index (χ0v) is 7.96. The molecule has 2 N–H and O–H groups in total. The van der Waals surface area contributed by atoms with Gasteiger partial charge in [-0.3, -0.25) is 4.68 Å². The molecule has 0 saturated carbocycles. The van der Waals surface area contributed by atoms with E-state index in [1.165, 1.54) is 0 Å². The maximum atomic E-state index is 5.53. The molecule has 0 aliphatic carbocycles. The standard InChI is InChI=1S/C8H12N6/c1-13-5-7(11-12-13)6-14-3-2-10-8(14)4-9/h2-3,5H,4,6,9H2,1H3. The maximum absolute atomic E-state index is 5.53. The van der Waals surface area contributed by atoms with Crippen molar-refractivity contribution in [3.63, 3.8) is 0 Å². The van der Waals surface area contributed by atoms with Crippen molar-refractivity contribution in [2.24, 2.45) is 12.8 Å². The van der Waals surface area contributed by atoms with Crippen LogP contribution in [0.3, 0.4) is 0 Å². The van der Waals surface area contributed by atoms with E-state index in [9.17, 15) is 0 Å². The van der Waals surface area contributed by atoms with Crippen LogP contribution in [0, 0.1) is 0 Å². The second-order valence-electron chi connectivity index (χ2n) is 3.06. The highest BCUT2D eigenvalue weighted by Gasteiger charge is 2.03. The summed E-state index contributed by atoms with van der Waals surface area (Å²) >= 11 is 0. The Morgan fingerprint density at radius 3 is 3.00 bits per heavy atom. The Balaban J connectivity index is 2.18. The predicted molar refractivity (Wildman–Crippen MR) is 50.2 cm³/mol. The molecular formula is C8H12N6. The molecule has 0 radical (unpaired) electrons. The number of rotatable bonds is 3. The van der Waals surface area contributed by atoms with Crippen molar-refractivity contribution in [1.82, 2.24) is 24.5 Å². The highest BCUT2D eigenvalue weighted by atomic mass is 15.4. The minimum absolute atomic E-state index is 0.438. The van der Waals surface area contributed by atoms with Crippen molar-refractivity contribution in [3.8, 4) is 0 Å². The molecule has 0 aromatic carbocycles. The van der Waals surface area contributed by atoms with Gasteiger partial charge in [0.2, 0.25) is 0 Å². The normalized spacial score (nSPS) is 10.7. The SMILES string of the molecule is Cn1cc(Cn2ccnc2CN)nn1. The Bertz CT molecular complexity index is 415. The smallest absolute Gasteiger partial charge is 0.122 e. The fraction of sp³-hybridized carbons (Fsp3) is 0.375. The number of hydrogen-bond acceptors (Lipinski definition) is 4. The summed E-state index contributed by atoms with van der Waals surface area (Å²) in [6.07, 6.45) is 5.50. The number of imidazole rings is 1. The quantitative estimate of drug-likeness (QED) is 0.712. The van der Waals surface area contributed by atoms with Crippen LogP contribution in [0.15, 0.2) is 18.6 Å². The highest BCUT2D eigenvalue weighted by Crippen LogP contribution is 2.01. The first-order valence-corrected chi connectivity index (χ1v) is 4.35. The molecule has 6 nitrogen and oxygen atoms in total. The second kappa shape index (κ2) is 3.59. The molecular weight excluding hydrogens is 180 g/mol. The predicted octanol–water partition coefficient (Wildman–Crippen LogP) is -0.481. The summed E-state index contributed by atoms with van der Waals surface area (Å²) in [5.41, 5.74) is 6.43. The van der Waals surface area contributed by atoms with Crippen molar-refractivity contribution in [1.29, 1.82) is 0 Å². The molecule has 2 rings (SSSR count). The van der Waals surface area contributed by atoms with Gasteiger partial charge in [-0.25, -0.2) is 4.98 Å². The molecule has 0 saturated heterocycles. The second-order valence-corrected chi connectivity index (χ2v) is 3.06. The number of hydrogen-bond donors (Lipinski definition) is 1. The first-order valence-electron chi connectivity index (χ1n) is 4.35. The molecule has 2 aromatic rings. The van der Waals surface area contributed by atoms with E-state index in [1.807, 2.05) is 24.0 Å². The molecule has 0 aliphatic rings. The van der Waals surface area contributed by atoms with Gasteiger partial charge in [-0.1, -0.05) is 5.21 Å². The monoisotopic (exact) mass is 192 g/mol. The van der Waals surface area contributed by atoms with Gasteiger partial charge in [0.25, 0.3) is 0 Å². The largest absolute Gasteiger partial charge is 0.328 e. The summed E-state index contributed by atoms with van der Waals surface area (Å²) in [6, 6.07) is 0. The molecule has 0 aliphatic heterocycles. The third-order valence-electron chi connectivity index (χ3n) is 1.97. The van der Waals surface area contributed by atoms with E-state index in [4.69, 9.17) is 5.73 Å². The summed E-state index contributed by atoms with van der Waals surface area (Å²) in [5.74, 6) is 0.857. The molecule has 0 fully saturated rings. The minimum atomic E-state index is 0.438. The van der Waals surface area contributed by atoms with Crippen LogP contribution >= 0.6 is 0 Å². The van der Waals surface area contributed by atoms with Crippen LogP contribution in [0.5, 0.6) is 0 Å². The lowest BCUT2D eigenvalue weighted by Gasteiger charge is -2.02. The topological polar surface area (TPSA) is 74.5 Å². The fourth-order valence-corrected chi connectivity index (χ4v) is 1.32. The van der Waals surface area contributed by atoms with Crippen LogP contribution < -0.4 is 5.73 Å². The highest BCUT2D eigenvalue weighted by molar-refractivity contribution is 4.99. The van der Waals surface area contributed by atoms with Crippen molar-refractivity contribution in [2.75, 3.05) is 0 Å². The van der Waals surface area contributed by atoms with Crippen LogP contribution in [0.2, 0.25) is 0 Å². The molecule has 74 valence electrons. The van der Waals surface area contributed by atoms with Crippen LogP contribution in [0.4, 0.5) is 0 Å². The summed E-state index contributed by atoms with van der Waals surface area (Å²) in [6.45, 7) is 1.10. The Morgan fingerprint density at radius 2 is 2.36 bits per heavy atom. The first kappa shape index (κ1) is 8.89. The van der Waals surface area contributed by atoms with E-state index >= 15 is 0 Å². The van der Waals surface area contributed by atoms with Crippen molar-refractivity contribution < 1.29 is 0 Å². The van der Waals surface area contributed by atoms with E-state index in [-0.39, 0.29) is 0 Å². The van der Waals surface area contributed by atoms with Crippen LogP contribution in [0.1, 0.15) is 11.5 Å². The van der Waals surface area contributed by atoms with E-state index in [1.54, 1.807) is 10.9 Å². The van der Waals surface area contributed by atoms with Crippen LogP contribution in [-0.2, 0) is 20.1 Å². The van der Waals surface area contributed by atoms with E-state index < -0.39 is 0 Å². The molecule has 0 amide bonds. The van der Waals surface area contributed by atoms with Gasteiger partial charge in [0, 0.05) is 25.6 Å². The Labute approximate surface area is 81.4 Å². The van der Waals surface area contributed by atoms with Gasteiger partial charge in [-0.15, -0.1) is 5.10 Å². The van der Waals surface area contributed by atoms with E-state index in [0.717, 1.165) is 11.5 Å². The number of aromatic nitrogens is 5. The van der Waals surface area contributed by atoms with Crippen molar-refractivity contribution in [3.05, 3.63) is 30.1 Å². The fourth-order valence-electron chi connectivity index (χ4n) is 1.32. The molecule has 0 atom stereocenters. The van der Waals surface area contributed by atoms with Gasteiger partial charge >= 0.3 is 0 Å². The molecule has 0 bridgehead atoms. The van der Waals surface area contributed by atoms with Gasteiger partial charge in [0.1, 0.15) is 11.5 Å². The van der Waals surface area contributed by atoms with E-state index in [2.05, 4.69) is 15.3 Å². The lowest BCUT2D eigenvalue weighted by atomic mass is 10.4. The van der Waals surface area contributed by atoms with Crippen LogP contribution in [0.25, 0.3) is 0 Å². The Morgan fingerprint density at radius 1 is 1.50 bits per heavy atom. The lowest BCUT2D eigenvalue weighted by Crippen LogP contribution is -2.08. The summed E-state index contributed by atoms with van der Waals surface area (Å²) in [7, 11) is 1.84. The molecule has 14 heavy (non-hydrogen) atoms. The van der Waals surface area contributed by atoms with Gasteiger partial charge in [-0.2, -0.15) is 0 Å². The molecule has 6 heteroatoms. The van der Waals surface area contributed by atoms with Gasteiger partial charge in [0.15, 0.2) is 0 Å². The van der Waals surface area contributed by atoms with Gasteiger partial charge in [-0.05, 0) is 0 Å². The third kappa shape index (κ3) is 1.64. The summed E-state index contributed by atoms with van der Waals surface area (Å²) in [4.78, 5) is 4.12. The molecule has 2 aromatic heterocycles. The Kier molecular flexibility index (Phi) is 2.28.